The lowest BCUT2D eigenvalue weighted by molar-refractivity contribution is 0.0683. The lowest BCUT2D eigenvalue weighted by atomic mass is 10.3. The van der Waals surface area contributed by atoms with Gasteiger partial charge in [-0.2, -0.15) is 0 Å². The van der Waals surface area contributed by atoms with Crippen LogP contribution >= 0.6 is 0 Å². The standard InChI is InChI=1S/C12H20N2O5S2/c1-4-20(17)6-5-13-21(18,19)10-7-11(12(15)16)14(8-10)9(2)3/h7-9,13H,4-6H2,1-3H3,(H,15,16). The molecule has 0 fully saturated rings. The highest BCUT2D eigenvalue weighted by molar-refractivity contribution is 7.89. The molecular formula is C12H20N2O5S2. The number of hydrogen-bond acceptors (Lipinski definition) is 4. The molecule has 0 saturated carbocycles. The van der Waals surface area contributed by atoms with Crippen molar-refractivity contribution < 1.29 is 22.5 Å². The van der Waals surface area contributed by atoms with Gasteiger partial charge < -0.3 is 9.67 Å². The third kappa shape index (κ3) is 4.65. The van der Waals surface area contributed by atoms with Crippen LogP contribution in [0.3, 0.4) is 0 Å². The minimum Gasteiger partial charge on any atom is -0.477 e. The largest absolute Gasteiger partial charge is 0.477 e. The Morgan fingerprint density at radius 3 is 2.52 bits per heavy atom. The Hall–Kier alpha value is -1.19. The van der Waals surface area contributed by atoms with E-state index in [0.717, 1.165) is 6.07 Å². The molecule has 1 aromatic heterocycles. The van der Waals surface area contributed by atoms with Gasteiger partial charge in [0.25, 0.3) is 0 Å². The zero-order valence-electron chi connectivity index (χ0n) is 12.2. The van der Waals surface area contributed by atoms with Gasteiger partial charge in [-0.25, -0.2) is 17.9 Å². The van der Waals surface area contributed by atoms with Gasteiger partial charge in [0.1, 0.15) is 10.6 Å². The van der Waals surface area contributed by atoms with Gasteiger partial charge in [0.2, 0.25) is 10.0 Å². The molecule has 2 N–H and O–H groups in total. The number of hydrogen-bond donors (Lipinski definition) is 2. The van der Waals surface area contributed by atoms with Gasteiger partial charge in [0, 0.05) is 41.1 Å². The summed E-state index contributed by atoms with van der Waals surface area (Å²) >= 11 is 0. The average Bonchev–Trinajstić information content (AvgIpc) is 2.84. The molecule has 1 aromatic rings. The van der Waals surface area contributed by atoms with Gasteiger partial charge in [-0.05, 0) is 19.9 Å². The zero-order chi connectivity index (χ0) is 16.2. The van der Waals surface area contributed by atoms with Crippen molar-refractivity contribution in [3.63, 3.8) is 0 Å². The molecule has 0 bridgehead atoms. The number of carboxylic acids is 1. The van der Waals surface area contributed by atoms with E-state index < -0.39 is 26.8 Å². The first kappa shape index (κ1) is 17.9. The lowest BCUT2D eigenvalue weighted by Crippen LogP contribution is -2.28. The van der Waals surface area contributed by atoms with Gasteiger partial charge >= 0.3 is 5.97 Å². The average molecular weight is 336 g/mol. The molecule has 1 rings (SSSR count). The number of aromatic carboxylic acids is 1. The zero-order valence-corrected chi connectivity index (χ0v) is 13.8. The number of aromatic nitrogens is 1. The summed E-state index contributed by atoms with van der Waals surface area (Å²) in [6.07, 6.45) is 1.30. The molecule has 1 heterocycles. The van der Waals surface area contributed by atoms with E-state index in [4.69, 9.17) is 5.11 Å². The SMILES string of the molecule is CCS(=O)CCNS(=O)(=O)c1cc(C(=O)O)n(C(C)C)c1. The van der Waals surface area contributed by atoms with Crippen LogP contribution < -0.4 is 4.72 Å². The highest BCUT2D eigenvalue weighted by Gasteiger charge is 2.22. The fraction of sp³-hybridized carbons (Fsp3) is 0.583. The number of nitrogens with one attached hydrogen (secondary N) is 1. The van der Waals surface area contributed by atoms with E-state index in [0.29, 0.717) is 5.75 Å². The van der Waals surface area contributed by atoms with E-state index >= 15 is 0 Å². The topological polar surface area (TPSA) is 105 Å². The van der Waals surface area contributed by atoms with Crippen molar-refractivity contribution in [2.24, 2.45) is 0 Å². The van der Waals surface area contributed by atoms with Crippen LogP contribution in [0.2, 0.25) is 0 Å². The number of carboxylic acid groups (broad SMARTS) is 1. The van der Waals surface area contributed by atoms with E-state index in [1.807, 2.05) is 0 Å². The molecule has 0 aliphatic carbocycles. The van der Waals surface area contributed by atoms with E-state index in [9.17, 15) is 17.4 Å². The Morgan fingerprint density at radius 2 is 2.10 bits per heavy atom. The first-order chi connectivity index (χ1) is 9.69. The molecule has 0 saturated heterocycles. The van der Waals surface area contributed by atoms with Gasteiger partial charge in [0.15, 0.2) is 0 Å². The first-order valence-corrected chi connectivity index (χ1v) is 9.46. The molecule has 21 heavy (non-hydrogen) atoms. The van der Waals surface area contributed by atoms with Crippen molar-refractivity contribution >= 4 is 26.8 Å². The Labute approximate surface area is 126 Å². The fourth-order valence-corrected chi connectivity index (χ4v) is 3.52. The Bertz CT molecular complexity index is 634. The van der Waals surface area contributed by atoms with Gasteiger partial charge in [0.05, 0.1) is 0 Å². The summed E-state index contributed by atoms with van der Waals surface area (Å²) in [5, 5.41) is 9.10. The summed E-state index contributed by atoms with van der Waals surface area (Å²) in [7, 11) is -4.86. The molecule has 120 valence electrons. The maximum absolute atomic E-state index is 12.1. The van der Waals surface area contributed by atoms with E-state index in [-0.39, 0.29) is 28.9 Å². The molecule has 9 heteroatoms. The monoisotopic (exact) mass is 336 g/mol. The summed E-state index contributed by atoms with van der Waals surface area (Å²) in [4.78, 5) is 11.0. The predicted molar refractivity (Wildman–Crippen MR) is 80.5 cm³/mol. The van der Waals surface area contributed by atoms with Gasteiger partial charge in [-0.3, -0.25) is 4.21 Å². The second-order valence-corrected chi connectivity index (χ2v) is 8.33. The number of rotatable bonds is 8. The van der Waals surface area contributed by atoms with Crippen LogP contribution in [-0.4, -0.2) is 46.3 Å². The maximum Gasteiger partial charge on any atom is 0.352 e. The molecule has 0 spiro atoms. The van der Waals surface area contributed by atoms with Gasteiger partial charge in [-0.1, -0.05) is 6.92 Å². The molecule has 0 aromatic carbocycles. The van der Waals surface area contributed by atoms with Crippen molar-refractivity contribution in [3.05, 3.63) is 18.0 Å². The summed E-state index contributed by atoms with van der Waals surface area (Å²) in [5.41, 5.74) is -0.0810. The van der Waals surface area contributed by atoms with Crippen LogP contribution in [0.15, 0.2) is 17.2 Å². The Balaban J connectivity index is 2.96. The molecule has 0 aliphatic heterocycles. The van der Waals surface area contributed by atoms with E-state index in [2.05, 4.69) is 4.72 Å². The van der Waals surface area contributed by atoms with Gasteiger partial charge in [-0.15, -0.1) is 0 Å². The molecular weight excluding hydrogens is 316 g/mol. The fourth-order valence-electron chi connectivity index (χ4n) is 1.72. The smallest absolute Gasteiger partial charge is 0.352 e. The second kappa shape index (κ2) is 7.19. The van der Waals surface area contributed by atoms with Crippen LogP contribution in [0.25, 0.3) is 0 Å². The summed E-state index contributed by atoms with van der Waals surface area (Å²) in [6, 6.07) is 0.953. The van der Waals surface area contributed by atoms with Crippen molar-refractivity contribution in [2.75, 3.05) is 18.1 Å². The van der Waals surface area contributed by atoms with E-state index in [1.165, 1.54) is 10.8 Å². The summed E-state index contributed by atoms with van der Waals surface area (Å²) in [6.45, 7) is 5.34. The van der Waals surface area contributed by atoms with Crippen LogP contribution in [0.4, 0.5) is 0 Å². The molecule has 0 amide bonds. The quantitative estimate of drug-likeness (QED) is 0.731. The summed E-state index contributed by atoms with van der Waals surface area (Å²) in [5.74, 6) is -0.488. The highest BCUT2D eigenvalue weighted by atomic mass is 32.2. The second-order valence-electron chi connectivity index (χ2n) is 4.70. The van der Waals surface area contributed by atoms with Crippen molar-refractivity contribution in [2.45, 2.75) is 31.7 Å². The van der Waals surface area contributed by atoms with Crippen molar-refractivity contribution in [1.29, 1.82) is 0 Å². The van der Waals surface area contributed by atoms with Crippen molar-refractivity contribution in [3.8, 4) is 0 Å². The Kier molecular flexibility index (Phi) is 6.11. The Morgan fingerprint density at radius 1 is 1.48 bits per heavy atom. The molecule has 1 unspecified atom stereocenters. The number of sulfonamides is 1. The third-order valence-corrected chi connectivity index (χ3v) is 5.58. The number of carbonyl (C=O) groups is 1. The maximum atomic E-state index is 12.1. The van der Waals surface area contributed by atoms with Crippen molar-refractivity contribution in [1.82, 2.24) is 9.29 Å². The van der Waals surface area contributed by atoms with E-state index in [1.54, 1.807) is 20.8 Å². The minimum absolute atomic E-state index is 0.0536. The van der Waals surface area contributed by atoms with Crippen LogP contribution in [-0.2, 0) is 20.8 Å². The molecule has 7 nitrogen and oxygen atoms in total. The number of nitrogens with zero attached hydrogens (tertiary/aromatic N) is 1. The van der Waals surface area contributed by atoms with Crippen LogP contribution in [0, 0.1) is 0 Å². The van der Waals surface area contributed by atoms with Crippen LogP contribution in [0.1, 0.15) is 37.3 Å². The molecule has 1 atom stereocenters. The first-order valence-electron chi connectivity index (χ1n) is 6.48. The lowest BCUT2D eigenvalue weighted by Gasteiger charge is -2.09. The van der Waals surface area contributed by atoms with Crippen LogP contribution in [0.5, 0.6) is 0 Å². The molecule has 0 aliphatic rings. The highest BCUT2D eigenvalue weighted by Crippen LogP contribution is 2.18. The minimum atomic E-state index is -3.80. The molecule has 0 radical (unpaired) electrons. The summed E-state index contributed by atoms with van der Waals surface area (Å²) < 4.78 is 39.2. The third-order valence-electron chi connectivity index (χ3n) is 2.85. The normalized spacial score (nSPS) is 13.5. The predicted octanol–water partition coefficient (Wildman–Crippen LogP) is 0.814.